The van der Waals surface area contributed by atoms with Gasteiger partial charge in [0.05, 0.1) is 18.4 Å². The van der Waals surface area contributed by atoms with Crippen LogP contribution in [0.5, 0.6) is 0 Å². The van der Waals surface area contributed by atoms with Crippen molar-refractivity contribution < 1.29 is 14.3 Å². The molecule has 1 heterocycles. The van der Waals surface area contributed by atoms with Crippen molar-refractivity contribution in [3.05, 3.63) is 11.5 Å². The van der Waals surface area contributed by atoms with Gasteiger partial charge < -0.3 is 10.1 Å². The van der Waals surface area contributed by atoms with Crippen molar-refractivity contribution >= 4 is 23.6 Å². The topological polar surface area (TPSA) is 55.4 Å². The largest absolute Gasteiger partial charge is 0.463 e. The van der Waals surface area contributed by atoms with Crippen molar-refractivity contribution in [1.82, 2.24) is 5.32 Å². The number of β-lactam (4-membered cyclic amide) rings is 1. The lowest BCUT2D eigenvalue weighted by atomic mass is 10.3. The number of hydrogen-bond acceptors (Lipinski definition) is 4. The quantitative estimate of drug-likeness (QED) is 0.412. The molecule has 1 saturated heterocycles. The molecule has 1 rings (SSSR count). The highest BCUT2D eigenvalue weighted by atomic mass is 32.2. The summed E-state index contributed by atoms with van der Waals surface area (Å²) < 4.78 is 4.67. The maximum absolute atomic E-state index is 10.8. The summed E-state index contributed by atoms with van der Waals surface area (Å²) in [5.74, 6) is -0.289. The zero-order valence-corrected chi connectivity index (χ0v) is 8.10. The third-order valence-electron chi connectivity index (χ3n) is 1.43. The molecule has 0 aromatic rings. The lowest BCUT2D eigenvalue weighted by Crippen LogP contribution is -2.45. The van der Waals surface area contributed by atoms with Gasteiger partial charge >= 0.3 is 5.97 Å². The molecule has 0 aliphatic carbocycles. The Balaban J connectivity index is 2.11. The van der Waals surface area contributed by atoms with Crippen molar-refractivity contribution in [2.24, 2.45) is 0 Å². The molecule has 4 nitrogen and oxygen atoms in total. The van der Waals surface area contributed by atoms with Gasteiger partial charge in [-0.3, -0.25) is 4.79 Å². The van der Waals surface area contributed by atoms with E-state index in [1.54, 1.807) is 12.3 Å². The third-order valence-corrected chi connectivity index (χ3v) is 2.33. The van der Waals surface area contributed by atoms with E-state index in [2.05, 4.69) is 10.1 Å². The summed E-state index contributed by atoms with van der Waals surface area (Å²) in [6.45, 7) is 2.14. The van der Waals surface area contributed by atoms with Gasteiger partial charge in [-0.1, -0.05) is 0 Å². The molecule has 13 heavy (non-hydrogen) atoms. The second kappa shape index (κ2) is 4.91. The smallest absolute Gasteiger partial charge is 0.331 e. The highest BCUT2D eigenvalue weighted by molar-refractivity contribution is 8.02. The zero-order chi connectivity index (χ0) is 9.68. The van der Waals surface area contributed by atoms with Crippen molar-refractivity contribution in [1.29, 1.82) is 0 Å². The number of amides is 1. The van der Waals surface area contributed by atoms with Gasteiger partial charge in [0.2, 0.25) is 5.91 Å². The molecule has 1 fully saturated rings. The number of esters is 1. The fraction of sp³-hybridized carbons (Fsp3) is 0.500. The summed E-state index contributed by atoms with van der Waals surface area (Å²) in [5, 5.41) is 4.43. The van der Waals surface area contributed by atoms with E-state index < -0.39 is 0 Å². The number of carbonyl (C=O) groups is 2. The van der Waals surface area contributed by atoms with Gasteiger partial charge in [0.25, 0.3) is 0 Å². The molecule has 1 aliphatic rings. The molecule has 1 aliphatic heterocycles. The first-order chi connectivity index (χ1) is 6.22. The number of nitrogens with one attached hydrogen (secondary N) is 1. The molecule has 1 unspecified atom stereocenters. The zero-order valence-electron chi connectivity index (χ0n) is 7.28. The maximum atomic E-state index is 10.8. The molecular weight excluding hydrogens is 190 g/mol. The molecular formula is C8H11NO3S. The predicted octanol–water partition coefficient (Wildman–Crippen LogP) is 0.642. The van der Waals surface area contributed by atoms with Crippen molar-refractivity contribution in [2.45, 2.75) is 18.7 Å². The fourth-order valence-corrected chi connectivity index (χ4v) is 1.62. The van der Waals surface area contributed by atoms with Gasteiger partial charge in [-0.05, 0) is 12.3 Å². The third kappa shape index (κ3) is 3.50. The summed E-state index contributed by atoms with van der Waals surface area (Å²) in [6.07, 6.45) is 1.89. The second-order valence-corrected chi connectivity index (χ2v) is 3.56. The van der Waals surface area contributed by atoms with Gasteiger partial charge in [0, 0.05) is 6.08 Å². The average molecular weight is 201 g/mol. The van der Waals surface area contributed by atoms with E-state index in [0.717, 1.165) is 0 Å². The average Bonchev–Trinajstić information content (AvgIpc) is 2.01. The normalized spacial score (nSPS) is 21.0. The van der Waals surface area contributed by atoms with Gasteiger partial charge in [-0.15, -0.1) is 11.8 Å². The molecule has 0 spiro atoms. The van der Waals surface area contributed by atoms with Crippen LogP contribution in [0.4, 0.5) is 0 Å². The van der Waals surface area contributed by atoms with Crippen LogP contribution in [0.3, 0.4) is 0 Å². The number of carbonyl (C=O) groups excluding carboxylic acids is 2. The summed E-state index contributed by atoms with van der Waals surface area (Å²) >= 11 is 1.41. The Bertz CT molecular complexity index is 232. The SMILES string of the molecule is CCOC(=O)/C=C/SC1CC(=O)N1. The lowest BCUT2D eigenvalue weighted by molar-refractivity contribution is -0.137. The molecule has 1 atom stereocenters. The Morgan fingerprint density at radius 3 is 3.08 bits per heavy atom. The van der Waals surface area contributed by atoms with Crippen LogP contribution in [0, 0.1) is 0 Å². The molecule has 0 aromatic heterocycles. The number of rotatable bonds is 4. The Kier molecular flexibility index (Phi) is 3.82. The van der Waals surface area contributed by atoms with Gasteiger partial charge in [0.15, 0.2) is 0 Å². The van der Waals surface area contributed by atoms with E-state index in [1.165, 1.54) is 17.8 Å². The van der Waals surface area contributed by atoms with Gasteiger partial charge in [-0.2, -0.15) is 0 Å². The van der Waals surface area contributed by atoms with Crippen LogP contribution in [-0.4, -0.2) is 23.9 Å². The standard InChI is InChI=1S/C8H11NO3S/c1-2-12-8(11)3-4-13-7-5-6(10)9-7/h3-4,7H,2,5H2,1H3,(H,9,10)/b4-3+. The van der Waals surface area contributed by atoms with E-state index >= 15 is 0 Å². The van der Waals surface area contributed by atoms with Crippen LogP contribution in [0.15, 0.2) is 11.5 Å². The first-order valence-corrected chi connectivity index (χ1v) is 4.94. The Morgan fingerprint density at radius 1 is 1.85 bits per heavy atom. The molecule has 5 heteroatoms. The summed E-state index contributed by atoms with van der Waals surface area (Å²) in [6, 6.07) is 0. The summed E-state index contributed by atoms with van der Waals surface area (Å²) in [7, 11) is 0. The highest BCUT2D eigenvalue weighted by Gasteiger charge is 2.24. The van der Waals surface area contributed by atoms with Crippen LogP contribution >= 0.6 is 11.8 Å². The minimum atomic E-state index is -0.347. The summed E-state index contributed by atoms with van der Waals surface area (Å²) in [5.41, 5.74) is 0. The van der Waals surface area contributed by atoms with Crippen LogP contribution in [0.25, 0.3) is 0 Å². The Morgan fingerprint density at radius 2 is 2.54 bits per heavy atom. The van der Waals surface area contributed by atoms with E-state index in [4.69, 9.17) is 0 Å². The molecule has 0 bridgehead atoms. The van der Waals surface area contributed by atoms with Crippen LogP contribution in [-0.2, 0) is 14.3 Å². The van der Waals surface area contributed by atoms with Gasteiger partial charge in [-0.25, -0.2) is 4.79 Å². The molecule has 0 saturated carbocycles. The number of hydrogen-bond donors (Lipinski definition) is 1. The highest BCUT2D eigenvalue weighted by Crippen LogP contribution is 2.19. The minimum Gasteiger partial charge on any atom is -0.463 e. The predicted molar refractivity (Wildman–Crippen MR) is 49.9 cm³/mol. The molecule has 0 radical (unpaired) electrons. The number of thioether (sulfide) groups is 1. The lowest BCUT2D eigenvalue weighted by Gasteiger charge is -2.24. The minimum absolute atomic E-state index is 0.0574. The van der Waals surface area contributed by atoms with E-state index in [1.807, 2.05) is 0 Å². The fourth-order valence-electron chi connectivity index (χ4n) is 0.789. The molecule has 72 valence electrons. The van der Waals surface area contributed by atoms with Crippen molar-refractivity contribution in [3.63, 3.8) is 0 Å². The van der Waals surface area contributed by atoms with Crippen molar-refractivity contribution in [3.8, 4) is 0 Å². The molecule has 0 aromatic carbocycles. The van der Waals surface area contributed by atoms with Crippen LogP contribution < -0.4 is 5.32 Å². The van der Waals surface area contributed by atoms with E-state index in [9.17, 15) is 9.59 Å². The maximum Gasteiger partial charge on any atom is 0.331 e. The van der Waals surface area contributed by atoms with E-state index in [0.29, 0.717) is 13.0 Å². The summed E-state index contributed by atoms with van der Waals surface area (Å²) in [4.78, 5) is 21.3. The van der Waals surface area contributed by atoms with Gasteiger partial charge in [0.1, 0.15) is 0 Å². The Labute approximate surface area is 80.7 Å². The first kappa shape index (κ1) is 10.1. The number of ether oxygens (including phenoxy) is 1. The Hall–Kier alpha value is -0.970. The molecule has 1 amide bonds. The monoisotopic (exact) mass is 201 g/mol. The van der Waals surface area contributed by atoms with Crippen molar-refractivity contribution in [2.75, 3.05) is 6.61 Å². The molecule has 1 N–H and O–H groups in total. The van der Waals surface area contributed by atoms with Crippen LogP contribution in [0.1, 0.15) is 13.3 Å². The van der Waals surface area contributed by atoms with Crippen LogP contribution in [0.2, 0.25) is 0 Å². The second-order valence-electron chi connectivity index (χ2n) is 2.45. The van der Waals surface area contributed by atoms with E-state index in [-0.39, 0.29) is 17.3 Å². The first-order valence-electron chi connectivity index (χ1n) is 4.00.